The van der Waals surface area contributed by atoms with Gasteiger partial charge in [-0.25, -0.2) is 4.98 Å². The first-order valence-electron chi connectivity index (χ1n) is 11.8. The number of anilines is 1. The molecule has 0 unspecified atom stereocenters. The first-order chi connectivity index (χ1) is 16.7. The van der Waals surface area contributed by atoms with Crippen LogP contribution in [0.4, 0.5) is 5.69 Å². The van der Waals surface area contributed by atoms with Crippen molar-refractivity contribution in [1.82, 2.24) is 9.55 Å². The SMILES string of the molecule is CCc1ccc(OCCn2c([C@H]3CC(=O)N(c4ccc(OC)cc4)C3)nc3ccccc32)cc1. The number of ether oxygens (including phenoxy) is 2. The van der Waals surface area contributed by atoms with E-state index in [1.807, 2.05) is 59.5 Å². The number of methoxy groups -OCH3 is 1. The van der Waals surface area contributed by atoms with Gasteiger partial charge in [0.05, 0.1) is 24.7 Å². The van der Waals surface area contributed by atoms with Crippen LogP contribution in [0.15, 0.2) is 72.8 Å². The standard InChI is InChI=1S/C28H29N3O3/c1-3-20-8-12-24(13-9-20)34-17-16-30-26-7-5-4-6-25(26)29-28(30)21-18-27(32)31(19-21)22-10-14-23(33-2)15-11-22/h4-15,21H,3,16-19H2,1-2H3/t21-/m0/s1. The molecule has 0 N–H and O–H groups in total. The molecule has 6 nitrogen and oxygen atoms in total. The summed E-state index contributed by atoms with van der Waals surface area (Å²) in [6.45, 7) is 3.94. The van der Waals surface area contributed by atoms with Crippen molar-refractivity contribution in [2.24, 2.45) is 0 Å². The van der Waals surface area contributed by atoms with Crippen molar-refractivity contribution in [2.45, 2.75) is 32.2 Å². The predicted octanol–water partition coefficient (Wildman–Crippen LogP) is 5.21. The summed E-state index contributed by atoms with van der Waals surface area (Å²) >= 11 is 0. The Kier molecular flexibility index (Phi) is 6.21. The lowest BCUT2D eigenvalue weighted by atomic mass is 10.1. The fourth-order valence-corrected chi connectivity index (χ4v) is 4.61. The molecular formula is C28H29N3O3. The average molecular weight is 456 g/mol. The van der Waals surface area contributed by atoms with Gasteiger partial charge in [-0.05, 0) is 60.5 Å². The number of benzene rings is 3. The van der Waals surface area contributed by atoms with E-state index in [1.54, 1.807) is 7.11 Å². The van der Waals surface area contributed by atoms with Crippen LogP contribution in [0.1, 0.15) is 30.7 Å². The fourth-order valence-electron chi connectivity index (χ4n) is 4.61. The van der Waals surface area contributed by atoms with E-state index in [2.05, 4.69) is 29.7 Å². The van der Waals surface area contributed by atoms with Gasteiger partial charge < -0.3 is 18.9 Å². The van der Waals surface area contributed by atoms with Crippen LogP contribution >= 0.6 is 0 Å². The number of nitrogens with zero attached hydrogens (tertiary/aromatic N) is 3. The lowest BCUT2D eigenvalue weighted by Crippen LogP contribution is -2.24. The second-order valence-electron chi connectivity index (χ2n) is 8.56. The first kappa shape index (κ1) is 22.0. The van der Waals surface area contributed by atoms with E-state index in [0.717, 1.165) is 40.5 Å². The topological polar surface area (TPSA) is 56.6 Å². The number of carbonyl (C=O) groups is 1. The summed E-state index contributed by atoms with van der Waals surface area (Å²) in [5, 5.41) is 0. The molecule has 1 amide bonds. The number of imidazole rings is 1. The van der Waals surface area contributed by atoms with Gasteiger partial charge in [-0.1, -0.05) is 31.2 Å². The fraction of sp³-hybridized carbons (Fsp3) is 0.286. The van der Waals surface area contributed by atoms with Crippen LogP contribution in [0.2, 0.25) is 0 Å². The summed E-state index contributed by atoms with van der Waals surface area (Å²) in [6, 6.07) is 24.0. The molecule has 1 atom stereocenters. The number of aromatic nitrogens is 2. The highest BCUT2D eigenvalue weighted by molar-refractivity contribution is 5.96. The molecule has 174 valence electrons. The molecule has 4 aromatic rings. The van der Waals surface area contributed by atoms with Crippen molar-refractivity contribution in [3.8, 4) is 11.5 Å². The average Bonchev–Trinajstić information content (AvgIpc) is 3.45. The van der Waals surface area contributed by atoms with Crippen LogP contribution in [0.25, 0.3) is 11.0 Å². The number of hydrogen-bond acceptors (Lipinski definition) is 4. The van der Waals surface area contributed by atoms with E-state index in [4.69, 9.17) is 14.5 Å². The third-order valence-electron chi connectivity index (χ3n) is 6.47. The van der Waals surface area contributed by atoms with Gasteiger partial charge in [0.25, 0.3) is 0 Å². The summed E-state index contributed by atoms with van der Waals surface area (Å²) in [5.74, 6) is 2.71. The Morgan fingerprint density at radius 1 is 0.971 bits per heavy atom. The molecule has 0 radical (unpaired) electrons. The monoisotopic (exact) mass is 455 g/mol. The van der Waals surface area contributed by atoms with Gasteiger partial charge in [0.15, 0.2) is 0 Å². The Morgan fingerprint density at radius 2 is 1.71 bits per heavy atom. The number of hydrogen-bond donors (Lipinski definition) is 0. The van der Waals surface area contributed by atoms with Crippen molar-refractivity contribution >= 4 is 22.6 Å². The highest BCUT2D eigenvalue weighted by Crippen LogP contribution is 2.33. The Labute approximate surface area is 199 Å². The molecular weight excluding hydrogens is 426 g/mol. The zero-order valence-corrected chi connectivity index (χ0v) is 19.6. The second kappa shape index (κ2) is 9.59. The van der Waals surface area contributed by atoms with E-state index in [1.165, 1.54) is 5.56 Å². The van der Waals surface area contributed by atoms with Crippen molar-refractivity contribution in [1.29, 1.82) is 0 Å². The van der Waals surface area contributed by atoms with Gasteiger partial charge in [-0.3, -0.25) is 4.79 Å². The summed E-state index contributed by atoms with van der Waals surface area (Å²) < 4.78 is 13.5. The lowest BCUT2D eigenvalue weighted by molar-refractivity contribution is -0.117. The molecule has 1 aliphatic heterocycles. The molecule has 3 aromatic carbocycles. The highest BCUT2D eigenvalue weighted by Gasteiger charge is 2.34. The van der Waals surface area contributed by atoms with Crippen molar-refractivity contribution in [3.05, 3.63) is 84.2 Å². The van der Waals surface area contributed by atoms with E-state index in [-0.39, 0.29) is 11.8 Å². The van der Waals surface area contributed by atoms with E-state index in [0.29, 0.717) is 26.1 Å². The van der Waals surface area contributed by atoms with Crippen LogP contribution in [0, 0.1) is 0 Å². The van der Waals surface area contributed by atoms with Gasteiger partial charge >= 0.3 is 0 Å². The molecule has 0 aliphatic carbocycles. The minimum Gasteiger partial charge on any atom is -0.497 e. The Balaban J connectivity index is 1.36. The maximum atomic E-state index is 12.9. The minimum absolute atomic E-state index is 0.0193. The normalized spacial score (nSPS) is 15.8. The lowest BCUT2D eigenvalue weighted by Gasteiger charge is -2.18. The minimum atomic E-state index is 0.0193. The quantitative estimate of drug-likeness (QED) is 0.366. The number of carbonyl (C=O) groups excluding carboxylic acids is 1. The number of fused-ring (bicyclic) bond motifs is 1. The molecule has 6 heteroatoms. The molecule has 2 heterocycles. The highest BCUT2D eigenvalue weighted by atomic mass is 16.5. The molecule has 1 fully saturated rings. The second-order valence-corrected chi connectivity index (χ2v) is 8.56. The largest absolute Gasteiger partial charge is 0.497 e. The van der Waals surface area contributed by atoms with Crippen molar-refractivity contribution in [2.75, 3.05) is 25.2 Å². The maximum absolute atomic E-state index is 12.9. The van der Waals surface area contributed by atoms with Crippen LogP contribution in [-0.4, -0.2) is 35.7 Å². The maximum Gasteiger partial charge on any atom is 0.227 e. The number of aryl methyl sites for hydroxylation is 1. The summed E-state index contributed by atoms with van der Waals surface area (Å²) in [5.41, 5.74) is 4.19. The molecule has 0 spiro atoms. The van der Waals surface area contributed by atoms with E-state index in [9.17, 15) is 4.79 Å². The molecule has 5 rings (SSSR count). The van der Waals surface area contributed by atoms with Gasteiger partial charge in [0.2, 0.25) is 5.91 Å². The summed E-state index contributed by atoms with van der Waals surface area (Å²) in [7, 11) is 1.64. The Morgan fingerprint density at radius 3 is 2.44 bits per heavy atom. The third kappa shape index (κ3) is 4.36. The molecule has 0 bridgehead atoms. The number of rotatable bonds is 8. The zero-order chi connectivity index (χ0) is 23.5. The first-order valence-corrected chi connectivity index (χ1v) is 11.8. The molecule has 1 aromatic heterocycles. The van der Waals surface area contributed by atoms with Gasteiger partial charge in [-0.15, -0.1) is 0 Å². The third-order valence-corrected chi connectivity index (χ3v) is 6.47. The van der Waals surface area contributed by atoms with Gasteiger partial charge in [0, 0.05) is 24.6 Å². The van der Waals surface area contributed by atoms with Crippen LogP contribution < -0.4 is 14.4 Å². The molecule has 34 heavy (non-hydrogen) atoms. The smallest absolute Gasteiger partial charge is 0.227 e. The number of para-hydroxylation sites is 2. The van der Waals surface area contributed by atoms with Gasteiger partial charge in [-0.2, -0.15) is 0 Å². The molecule has 1 aliphatic rings. The summed E-state index contributed by atoms with van der Waals surface area (Å²) in [6.07, 6.45) is 1.45. The Bertz CT molecular complexity index is 1280. The van der Waals surface area contributed by atoms with Gasteiger partial charge in [0.1, 0.15) is 23.9 Å². The van der Waals surface area contributed by atoms with E-state index < -0.39 is 0 Å². The predicted molar refractivity (Wildman–Crippen MR) is 134 cm³/mol. The van der Waals surface area contributed by atoms with E-state index >= 15 is 0 Å². The summed E-state index contributed by atoms with van der Waals surface area (Å²) in [4.78, 5) is 19.7. The van der Waals surface area contributed by atoms with Crippen LogP contribution in [-0.2, 0) is 17.8 Å². The zero-order valence-electron chi connectivity index (χ0n) is 19.6. The van der Waals surface area contributed by atoms with Crippen LogP contribution in [0.3, 0.4) is 0 Å². The van der Waals surface area contributed by atoms with Crippen LogP contribution in [0.5, 0.6) is 11.5 Å². The van der Waals surface area contributed by atoms with Crippen molar-refractivity contribution in [3.63, 3.8) is 0 Å². The van der Waals surface area contributed by atoms with Crippen molar-refractivity contribution < 1.29 is 14.3 Å². The molecule has 0 saturated carbocycles. The number of amides is 1. The Hall–Kier alpha value is -3.80. The molecule has 1 saturated heterocycles.